The Hall–Kier alpha value is -2.94. The van der Waals surface area contributed by atoms with Crippen molar-refractivity contribution in [2.45, 2.75) is 89.8 Å². The molecule has 9 heteroatoms. The van der Waals surface area contributed by atoms with E-state index < -0.39 is 11.9 Å². The first kappa shape index (κ1) is 25.2. The molecule has 35 heavy (non-hydrogen) atoms. The average Bonchev–Trinajstić information content (AvgIpc) is 3.49. The van der Waals surface area contributed by atoms with E-state index in [4.69, 9.17) is 5.73 Å². The number of anilines is 2. The number of rotatable bonds is 7. The van der Waals surface area contributed by atoms with E-state index in [0.29, 0.717) is 5.69 Å². The van der Waals surface area contributed by atoms with Crippen LogP contribution >= 0.6 is 11.5 Å². The van der Waals surface area contributed by atoms with Gasteiger partial charge in [-0.15, -0.1) is 0 Å². The van der Waals surface area contributed by atoms with Gasteiger partial charge in [0.15, 0.2) is 5.69 Å². The van der Waals surface area contributed by atoms with Gasteiger partial charge in [0.1, 0.15) is 10.9 Å². The highest BCUT2D eigenvalue weighted by Gasteiger charge is 2.33. The van der Waals surface area contributed by atoms with Crippen LogP contribution in [0, 0.1) is 6.92 Å². The number of hydrogen-bond acceptors (Lipinski definition) is 6. The summed E-state index contributed by atoms with van der Waals surface area (Å²) in [7, 11) is 0. The molecule has 1 heterocycles. The molecule has 0 bridgehead atoms. The highest BCUT2D eigenvalue weighted by atomic mass is 32.1. The molecule has 0 radical (unpaired) electrons. The average molecular weight is 498 g/mol. The molecule has 2 aliphatic rings. The minimum atomic E-state index is -0.761. The molecule has 1 aromatic heterocycles. The molecule has 0 spiro atoms. The fourth-order valence-electron chi connectivity index (χ4n) is 5.03. The molecule has 4 rings (SSSR count). The van der Waals surface area contributed by atoms with Crippen LogP contribution in [-0.4, -0.2) is 40.2 Å². The normalized spacial score (nSPS) is 17.7. The Balaban J connectivity index is 1.58. The number of amides is 3. The van der Waals surface area contributed by atoms with Crippen LogP contribution in [0.15, 0.2) is 24.3 Å². The maximum Gasteiger partial charge on any atom is 0.273 e. The highest BCUT2D eigenvalue weighted by Crippen LogP contribution is 2.29. The maximum absolute atomic E-state index is 13.8. The third-order valence-electron chi connectivity index (χ3n) is 7.04. The van der Waals surface area contributed by atoms with Crippen LogP contribution in [0.1, 0.15) is 90.4 Å². The monoisotopic (exact) mass is 497 g/mol. The molecule has 2 aromatic rings. The first-order valence-electron chi connectivity index (χ1n) is 12.6. The Labute approximate surface area is 210 Å². The van der Waals surface area contributed by atoms with E-state index in [1.165, 1.54) is 11.3 Å². The number of nitrogen functional groups attached to an aromatic ring is 1. The number of aromatic nitrogens is 1. The summed E-state index contributed by atoms with van der Waals surface area (Å²) in [6.45, 7) is 3.66. The van der Waals surface area contributed by atoms with Gasteiger partial charge in [-0.3, -0.25) is 19.3 Å². The summed E-state index contributed by atoms with van der Waals surface area (Å²) in [5.41, 5.74) is 8.00. The Morgan fingerprint density at radius 3 is 2.31 bits per heavy atom. The van der Waals surface area contributed by atoms with E-state index in [1.54, 1.807) is 13.0 Å². The predicted molar refractivity (Wildman–Crippen MR) is 139 cm³/mol. The minimum Gasteiger partial charge on any atom is -0.395 e. The second-order valence-corrected chi connectivity index (χ2v) is 10.5. The van der Waals surface area contributed by atoms with Gasteiger partial charge in [-0.1, -0.05) is 44.2 Å². The summed E-state index contributed by atoms with van der Waals surface area (Å²) in [6.07, 6.45) is 9.37. The van der Waals surface area contributed by atoms with Crippen molar-refractivity contribution in [3.05, 3.63) is 40.4 Å². The smallest absolute Gasteiger partial charge is 0.273 e. The van der Waals surface area contributed by atoms with E-state index in [-0.39, 0.29) is 40.2 Å². The Morgan fingerprint density at radius 2 is 1.66 bits per heavy atom. The van der Waals surface area contributed by atoms with E-state index in [2.05, 4.69) is 15.0 Å². The molecule has 8 nitrogen and oxygen atoms in total. The zero-order chi connectivity index (χ0) is 24.9. The zero-order valence-corrected chi connectivity index (χ0v) is 21.3. The molecule has 1 atom stereocenters. The van der Waals surface area contributed by atoms with Crippen molar-refractivity contribution < 1.29 is 14.4 Å². The van der Waals surface area contributed by atoms with Gasteiger partial charge in [-0.05, 0) is 68.8 Å². The van der Waals surface area contributed by atoms with Gasteiger partial charge in [0.2, 0.25) is 5.91 Å². The molecule has 1 aromatic carbocycles. The summed E-state index contributed by atoms with van der Waals surface area (Å²) in [4.78, 5) is 41.4. The van der Waals surface area contributed by atoms with E-state index in [1.807, 2.05) is 25.1 Å². The van der Waals surface area contributed by atoms with Crippen LogP contribution in [-0.2, 0) is 4.79 Å². The molecular formula is C26H35N5O3S. The number of hydrogen-bond donors (Lipinski definition) is 3. The molecule has 2 saturated carbocycles. The molecule has 0 aliphatic heterocycles. The van der Waals surface area contributed by atoms with Crippen LogP contribution < -0.4 is 21.3 Å². The van der Waals surface area contributed by atoms with Gasteiger partial charge in [-0.25, -0.2) is 0 Å². The lowest BCUT2D eigenvalue weighted by Crippen LogP contribution is -2.51. The Morgan fingerprint density at radius 1 is 1.03 bits per heavy atom. The number of benzene rings is 1. The maximum atomic E-state index is 13.8. The van der Waals surface area contributed by atoms with Crippen molar-refractivity contribution >= 4 is 40.6 Å². The van der Waals surface area contributed by atoms with Crippen molar-refractivity contribution in [1.82, 2.24) is 15.0 Å². The molecule has 2 aliphatic carbocycles. The molecular weight excluding hydrogens is 462 g/mol. The second-order valence-electron chi connectivity index (χ2n) is 9.76. The van der Waals surface area contributed by atoms with Gasteiger partial charge in [-0.2, -0.15) is 4.37 Å². The van der Waals surface area contributed by atoms with Gasteiger partial charge in [0, 0.05) is 17.8 Å². The number of nitrogens with two attached hydrogens (primary N) is 1. The summed E-state index contributed by atoms with van der Waals surface area (Å²) in [5.74, 6) is -0.985. The van der Waals surface area contributed by atoms with Crippen LogP contribution in [0.5, 0.6) is 0 Å². The van der Waals surface area contributed by atoms with Gasteiger partial charge < -0.3 is 16.4 Å². The van der Waals surface area contributed by atoms with Gasteiger partial charge >= 0.3 is 0 Å². The summed E-state index contributed by atoms with van der Waals surface area (Å²) in [6, 6.07) is 6.96. The third kappa shape index (κ3) is 5.83. The third-order valence-corrected chi connectivity index (χ3v) is 7.90. The van der Waals surface area contributed by atoms with Crippen molar-refractivity contribution in [3.8, 4) is 0 Å². The number of carbonyl (C=O) groups is 3. The van der Waals surface area contributed by atoms with Crippen molar-refractivity contribution in [1.29, 1.82) is 0 Å². The fraction of sp³-hybridized carbons (Fsp3) is 0.538. The number of carbonyl (C=O) groups excluding carboxylic acids is 3. The Kier molecular flexibility index (Phi) is 8.05. The van der Waals surface area contributed by atoms with Crippen LogP contribution in [0.4, 0.5) is 11.4 Å². The highest BCUT2D eigenvalue weighted by molar-refractivity contribution is 7.09. The van der Waals surface area contributed by atoms with Crippen LogP contribution in [0.2, 0.25) is 0 Å². The lowest BCUT2D eigenvalue weighted by molar-refractivity contribution is -0.122. The number of nitrogens with zero attached hydrogens (tertiary/aromatic N) is 2. The molecule has 0 saturated heterocycles. The summed E-state index contributed by atoms with van der Waals surface area (Å²) < 4.78 is 4.23. The number of nitrogens with one attached hydrogen (secondary N) is 2. The largest absolute Gasteiger partial charge is 0.395 e. The van der Waals surface area contributed by atoms with E-state index >= 15 is 0 Å². The van der Waals surface area contributed by atoms with Gasteiger partial charge in [0.05, 0.1) is 5.69 Å². The zero-order valence-electron chi connectivity index (χ0n) is 20.5. The van der Waals surface area contributed by atoms with Crippen LogP contribution in [0.3, 0.4) is 0 Å². The predicted octanol–water partition coefficient (Wildman–Crippen LogP) is 4.19. The summed E-state index contributed by atoms with van der Waals surface area (Å²) >= 11 is 0.904. The topological polar surface area (TPSA) is 117 Å². The van der Waals surface area contributed by atoms with E-state index in [9.17, 15) is 14.4 Å². The Bertz CT molecular complexity index is 1070. The van der Waals surface area contributed by atoms with E-state index in [0.717, 1.165) is 68.5 Å². The SMILES string of the molecule is Cc1cccc(N(C(=O)c2snc(C(=O)NC3CCCC3)c2N)[C@@H](C)C(=O)NC2CCCCC2)c1. The molecule has 0 unspecified atom stereocenters. The van der Waals surface area contributed by atoms with Crippen molar-refractivity contribution in [2.75, 3.05) is 10.6 Å². The quantitative estimate of drug-likeness (QED) is 0.530. The molecule has 2 fully saturated rings. The van der Waals surface area contributed by atoms with Crippen molar-refractivity contribution in [3.63, 3.8) is 0 Å². The molecule has 188 valence electrons. The number of aryl methyl sites for hydroxylation is 1. The standard InChI is InChI=1S/C26H35N5O3S/c1-16-9-8-14-20(15-16)31(17(2)24(32)28-18-10-4-3-5-11-18)26(34)23-21(27)22(30-35-23)25(33)29-19-12-6-7-13-19/h8-9,14-15,17-19H,3-7,10-13,27H2,1-2H3,(H,28,32)(H,29,33)/t17-/m0/s1. The molecule has 4 N–H and O–H groups in total. The molecule has 3 amide bonds. The minimum absolute atomic E-state index is 0.0630. The second kappa shape index (κ2) is 11.2. The van der Waals surface area contributed by atoms with Gasteiger partial charge in [0.25, 0.3) is 11.8 Å². The lowest BCUT2D eigenvalue weighted by atomic mass is 9.95. The summed E-state index contributed by atoms with van der Waals surface area (Å²) in [5, 5.41) is 6.11. The first-order chi connectivity index (χ1) is 16.8. The van der Waals surface area contributed by atoms with Crippen LogP contribution in [0.25, 0.3) is 0 Å². The first-order valence-corrected chi connectivity index (χ1v) is 13.4. The van der Waals surface area contributed by atoms with Crippen molar-refractivity contribution in [2.24, 2.45) is 0 Å². The fourth-order valence-corrected chi connectivity index (χ4v) is 5.76. The lowest BCUT2D eigenvalue weighted by Gasteiger charge is -2.31.